The number of para-hydroxylation sites is 2. The van der Waals surface area contributed by atoms with Crippen LogP contribution in [0.4, 0.5) is 5.69 Å². The molecule has 2 aromatic carbocycles. The Hall–Kier alpha value is -3.41. The van der Waals surface area contributed by atoms with E-state index in [0.717, 1.165) is 16.7 Å². The molecule has 6 nitrogen and oxygen atoms in total. The van der Waals surface area contributed by atoms with E-state index in [9.17, 15) is 9.59 Å². The molecule has 6 heteroatoms. The highest BCUT2D eigenvalue weighted by molar-refractivity contribution is 5.92. The molecule has 3 aromatic rings. The molecule has 0 aliphatic carbocycles. The number of hydrogen-bond donors (Lipinski definition) is 1. The number of amides is 1. The summed E-state index contributed by atoms with van der Waals surface area (Å²) >= 11 is 0. The first-order valence-corrected chi connectivity index (χ1v) is 9.57. The third-order valence-electron chi connectivity index (χ3n) is 4.74. The van der Waals surface area contributed by atoms with Crippen molar-refractivity contribution in [1.29, 1.82) is 0 Å². The van der Waals surface area contributed by atoms with Gasteiger partial charge in [-0.05, 0) is 68.7 Å². The van der Waals surface area contributed by atoms with Gasteiger partial charge in [-0.25, -0.2) is 4.68 Å². The van der Waals surface area contributed by atoms with Gasteiger partial charge in [-0.1, -0.05) is 18.2 Å². The molecule has 1 N–H and O–H groups in total. The lowest BCUT2D eigenvalue weighted by atomic mass is 9.99. The lowest BCUT2D eigenvalue weighted by molar-refractivity contribution is -0.117. The van der Waals surface area contributed by atoms with E-state index < -0.39 is 0 Å². The largest absolute Gasteiger partial charge is 0.492 e. The molecule has 29 heavy (non-hydrogen) atoms. The summed E-state index contributed by atoms with van der Waals surface area (Å²) in [5.74, 6) is 0.240. The van der Waals surface area contributed by atoms with Gasteiger partial charge in [-0.3, -0.25) is 9.59 Å². The van der Waals surface area contributed by atoms with E-state index in [0.29, 0.717) is 23.7 Å². The molecule has 150 valence electrons. The van der Waals surface area contributed by atoms with E-state index in [1.54, 1.807) is 18.2 Å². The molecule has 0 unspecified atom stereocenters. The molecule has 0 saturated heterocycles. The fourth-order valence-corrected chi connectivity index (χ4v) is 3.12. The number of anilines is 1. The number of aryl methyl sites for hydroxylation is 3. The summed E-state index contributed by atoms with van der Waals surface area (Å²) in [6.45, 7) is 8.30. The van der Waals surface area contributed by atoms with Crippen molar-refractivity contribution in [2.45, 2.75) is 34.2 Å². The van der Waals surface area contributed by atoms with Gasteiger partial charge in [-0.15, -0.1) is 0 Å². The third-order valence-corrected chi connectivity index (χ3v) is 4.74. The third kappa shape index (κ3) is 4.71. The van der Waals surface area contributed by atoms with E-state index >= 15 is 0 Å². The van der Waals surface area contributed by atoms with Crippen molar-refractivity contribution in [2.75, 3.05) is 11.9 Å². The molecular weight excluding hydrogens is 366 g/mol. The highest BCUT2D eigenvalue weighted by Gasteiger charge is 2.12. The van der Waals surface area contributed by atoms with Crippen molar-refractivity contribution in [2.24, 2.45) is 0 Å². The minimum Gasteiger partial charge on any atom is -0.492 e. The first-order valence-electron chi connectivity index (χ1n) is 9.57. The topological polar surface area (TPSA) is 73.2 Å². The first kappa shape index (κ1) is 20.3. The van der Waals surface area contributed by atoms with E-state index in [4.69, 9.17) is 4.74 Å². The van der Waals surface area contributed by atoms with Crippen LogP contribution in [0.25, 0.3) is 11.3 Å². The number of nitrogens with zero attached hydrogens (tertiary/aromatic N) is 2. The van der Waals surface area contributed by atoms with E-state index in [1.807, 2.05) is 32.9 Å². The van der Waals surface area contributed by atoms with Gasteiger partial charge in [0.2, 0.25) is 5.91 Å². The second-order valence-electron chi connectivity index (χ2n) is 6.94. The van der Waals surface area contributed by atoms with Gasteiger partial charge in [0, 0.05) is 11.6 Å². The molecular formula is C23H25N3O3. The highest BCUT2D eigenvalue weighted by atomic mass is 16.5. The number of ether oxygens (including phenoxy) is 1. The molecule has 0 saturated carbocycles. The van der Waals surface area contributed by atoms with Crippen molar-refractivity contribution in [3.63, 3.8) is 0 Å². The van der Waals surface area contributed by atoms with E-state index in [1.165, 1.54) is 16.3 Å². The van der Waals surface area contributed by atoms with Crippen LogP contribution in [-0.4, -0.2) is 22.3 Å². The van der Waals surface area contributed by atoms with Crippen LogP contribution in [0.1, 0.15) is 23.6 Å². The second kappa shape index (κ2) is 8.73. The Kier molecular flexibility index (Phi) is 6.12. The molecule has 0 atom stereocenters. The number of carbonyl (C=O) groups is 1. The Bertz CT molecular complexity index is 1100. The summed E-state index contributed by atoms with van der Waals surface area (Å²) in [6, 6.07) is 14.5. The SMILES string of the molecule is CCOc1ccccc1NC(=O)Cn1nc(-c2cc(C)c(C)cc2C)ccc1=O. The number of hydrogen-bond acceptors (Lipinski definition) is 4. The fraction of sp³-hybridized carbons (Fsp3) is 0.261. The molecule has 0 radical (unpaired) electrons. The monoisotopic (exact) mass is 391 g/mol. The maximum Gasteiger partial charge on any atom is 0.267 e. The van der Waals surface area contributed by atoms with Crippen LogP contribution in [0, 0.1) is 20.8 Å². The summed E-state index contributed by atoms with van der Waals surface area (Å²) < 4.78 is 6.71. The summed E-state index contributed by atoms with van der Waals surface area (Å²) in [4.78, 5) is 24.8. The molecule has 1 aromatic heterocycles. The van der Waals surface area contributed by atoms with Gasteiger partial charge in [-0.2, -0.15) is 5.10 Å². The predicted octanol–water partition coefficient (Wildman–Crippen LogP) is 3.87. The summed E-state index contributed by atoms with van der Waals surface area (Å²) in [5, 5.41) is 7.22. The van der Waals surface area contributed by atoms with E-state index in [2.05, 4.69) is 29.5 Å². The quantitative estimate of drug-likeness (QED) is 0.692. The van der Waals surface area contributed by atoms with Crippen LogP contribution in [0.3, 0.4) is 0 Å². The van der Waals surface area contributed by atoms with Crippen molar-refractivity contribution < 1.29 is 9.53 Å². The highest BCUT2D eigenvalue weighted by Crippen LogP contribution is 2.25. The Morgan fingerprint density at radius 3 is 2.52 bits per heavy atom. The first-order chi connectivity index (χ1) is 13.9. The Morgan fingerprint density at radius 1 is 1.03 bits per heavy atom. The molecule has 3 rings (SSSR count). The van der Waals surface area contributed by atoms with E-state index in [-0.39, 0.29) is 18.0 Å². The van der Waals surface area contributed by atoms with Crippen molar-refractivity contribution >= 4 is 11.6 Å². The van der Waals surface area contributed by atoms with Crippen molar-refractivity contribution in [3.05, 3.63) is 75.6 Å². The average Bonchev–Trinajstić information content (AvgIpc) is 2.68. The van der Waals surface area contributed by atoms with Gasteiger partial charge in [0.1, 0.15) is 12.3 Å². The Labute approximate surface area is 170 Å². The minimum atomic E-state index is -0.347. The Balaban J connectivity index is 1.85. The fourth-order valence-electron chi connectivity index (χ4n) is 3.12. The zero-order valence-corrected chi connectivity index (χ0v) is 17.2. The number of benzene rings is 2. The maximum absolute atomic E-state index is 12.5. The number of carbonyl (C=O) groups excluding carboxylic acids is 1. The standard InChI is InChI=1S/C23H25N3O3/c1-5-29-21-9-7-6-8-20(21)24-22(27)14-26-23(28)11-10-19(25-26)18-13-16(3)15(2)12-17(18)4/h6-13H,5,14H2,1-4H3,(H,24,27). The lowest BCUT2D eigenvalue weighted by Gasteiger charge is -2.13. The lowest BCUT2D eigenvalue weighted by Crippen LogP contribution is -2.29. The predicted molar refractivity (Wildman–Crippen MR) is 114 cm³/mol. The van der Waals surface area contributed by atoms with Crippen LogP contribution in [0.15, 0.2) is 53.3 Å². The summed E-state index contributed by atoms with van der Waals surface area (Å²) in [6.07, 6.45) is 0. The van der Waals surface area contributed by atoms with Gasteiger partial charge < -0.3 is 10.1 Å². The molecule has 1 amide bonds. The zero-order chi connectivity index (χ0) is 21.0. The van der Waals surface area contributed by atoms with Crippen molar-refractivity contribution in [3.8, 4) is 17.0 Å². The van der Waals surface area contributed by atoms with Crippen molar-refractivity contribution in [1.82, 2.24) is 9.78 Å². The van der Waals surface area contributed by atoms with Crippen LogP contribution in [0.2, 0.25) is 0 Å². The molecule has 0 aliphatic rings. The van der Waals surface area contributed by atoms with Gasteiger partial charge in [0.05, 0.1) is 18.0 Å². The molecule has 0 bridgehead atoms. The summed E-state index contributed by atoms with van der Waals surface area (Å²) in [5.41, 5.74) is 5.26. The molecule has 1 heterocycles. The number of aromatic nitrogens is 2. The molecule has 0 fully saturated rings. The van der Waals surface area contributed by atoms with Gasteiger partial charge in [0.15, 0.2) is 0 Å². The maximum atomic E-state index is 12.5. The smallest absolute Gasteiger partial charge is 0.267 e. The molecule has 0 spiro atoms. The average molecular weight is 391 g/mol. The van der Waals surface area contributed by atoms with Gasteiger partial charge in [0.25, 0.3) is 5.56 Å². The Morgan fingerprint density at radius 2 is 1.76 bits per heavy atom. The van der Waals surface area contributed by atoms with Crippen LogP contribution < -0.4 is 15.6 Å². The normalized spacial score (nSPS) is 10.6. The minimum absolute atomic E-state index is 0.184. The van der Waals surface area contributed by atoms with Crippen LogP contribution >= 0.6 is 0 Å². The molecule has 0 aliphatic heterocycles. The van der Waals surface area contributed by atoms with Crippen LogP contribution in [0.5, 0.6) is 5.75 Å². The van der Waals surface area contributed by atoms with Crippen LogP contribution in [-0.2, 0) is 11.3 Å². The van der Waals surface area contributed by atoms with Gasteiger partial charge >= 0.3 is 0 Å². The number of nitrogens with one attached hydrogen (secondary N) is 1. The second-order valence-corrected chi connectivity index (χ2v) is 6.94. The zero-order valence-electron chi connectivity index (χ0n) is 17.2. The summed E-state index contributed by atoms with van der Waals surface area (Å²) in [7, 11) is 0. The number of rotatable bonds is 6.